The van der Waals surface area contributed by atoms with E-state index >= 15 is 0 Å². The molecule has 0 saturated carbocycles. The molecule has 2 N–H and O–H groups in total. The van der Waals surface area contributed by atoms with Gasteiger partial charge in [0.25, 0.3) is 5.91 Å². The van der Waals surface area contributed by atoms with Crippen LogP contribution in [-0.4, -0.2) is 35.8 Å². The molecule has 130 valence electrons. The Kier molecular flexibility index (Phi) is 4.99. The Hall–Kier alpha value is -2.08. The van der Waals surface area contributed by atoms with Crippen LogP contribution >= 0.6 is 34.3 Å². The van der Waals surface area contributed by atoms with Gasteiger partial charge >= 0.3 is 0 Å². The number of halogens is 1. The number of nitrogens with zero attached hydrogens (tertiary/aromatic N) is 3. The zero-order chi connectivity index (χ0) is 18.0. The van der Waals surface area contributed by atoms with Gasteiger partial charge in [-0.05, 0) is 12.1 Å². The van der Waals surface area contributed by atoms with Gasteiger partial charge < -0.3 is 0 Å². The Morgan fingerprint density at radius 3 is 2.52 bits per heavy atom. The van der Waals surface area contributed by atoms with E-state index in [9.17, 15) is 13.2 Å². The maximum absolute atomic E-state index is 12.2. The van der Waals surface area contributed by atoms with Gasteiger partial charge in [0, 0.05) is 16.0 Å². The van der Waals surface area contributed by atoms with Gasteiger partial charge in [0.15, 0.2) is 0 Å². The van der Waals surface area contributed by atoms with E-state index in [1.165, 1.54) is 11.3 Å². The van der Waals surface area contributed by atoms with E-state index in [0.29, 0.717) is 10.0 Å². The summed E-state index contributed by atoms with van der Waals surface area (Å²) in [5.41, 5.74) is 1.08. The largest absolute Gasteiger partial charge is 0.295 e. The highest BCUT2D eigenvalue weighted by molar-refractivity contribution is 7.92. The van der Waals surface area contributed by atoms with Crippen molar-refractivity contribution in [1.82, 2.24) is 15.2 Å². The molecule has 1 aromatic carbocycles. The molecule has 3 aromatic rings. The Balaban J connectivity index is 1.71. The van der Waals surface area contributed by atoms with Crippen molar-refractivity contribution in [3.8, 4) is 10.6 Å². The minimum absolute atomic E-state index is 0.0675. The third-order valence-corrected chi connectivity index (χ3v) is 5.34. The molecule has 0 aliphatic carbocycles. The number of hydrogen-bond acceptors (Lipinski definition) is 8. The first-order valence-corrected chi connectivity index (χ1v) is 10.6. The lowest BCUT2D eigenvalue weighted by Crippen LogP contribution is -2.12. The second-order valence-electron chi connectivity index (χ2n) is 4.79. The van der Waals surface area contributed by atoms with Crippen LogP contribution in [-0.2, 0) is 10.0 Å². The number of rotatable bonds is 5. The summed E-state index contributed by atoms with van der Waals surface area (Å²) in [7, 11) is -3.45. The summed E-state index contributed by atoms with van der Waals surface area (Å²) in [5, 5.41) is 13.0. The topological polar surface area (TPSA) is 114 Å². The molecule has 2 aromatic heterocycles. The molecule has 1 amide bonds. The summed E-state index contributed by atoms with van der Waals surface area (Å²) in [5.74, 6) is -0.460. The number of carbonyl (C=O) groups excluding carboxylic acids is 1. The lowest BCUT2D eigenvalue weighted by molar-refractivity contribution is 0.102. The van der Waals surface area contributed by atoms with Crippen LogP contribution in [0.4, 0.5) is 10.3 Å². The molecule has 0 radical (unpaired) electrons. The van der Waals surface area contributed by atoms with Crippen LogP contribution in [0.5, 0.6) is 0 Å². The summed E-state index contributed by atoms with van der Waals surface area (Å²) in [4.78, 5) is 16.5. The molecule has 0 spiro atoms. The first-order chi connectivity index (χ1) is 11.8. The number of hydrogen-bond donors (Lipinski definition) is 2. The summed E-state index contributed by atoms with van der Waals surface area (Å²) < 4.78 is 24.5. The van der Waals surface area contributed by atoms with Crippen molar-refractivity contribution < 1.29 is 13.2 Å². The van der Waals surface area contributed by atoms with Crippen molar-refractivity contribution in [3.05, 3.63) is 40.4 Å². The van der Waals surface area contributed by atoms with Gasteiger partial charge in [0.2, 0.25) is 20.3 Å². The van der Waals surface area contributed by atoms with Gasteiger partial charge in [0.05, 0.1) is 6.26 Å². The second kappa shape index (κ2) is 7.04. The third-order valence-electron chi connectivity index (χ3n) is 2.75. The van der Waals surface area contributed by atoms with E-state index in [1.807, 2.05) is 12.1 Å². The SMILES string of the molecule is CS(=O)(=O)Nc1nnc(NC(=O)c2csc(-c3ccc(Cl)cc3)n2)s1. The van der Waals surface area contributed by atoms with E-state index in [0.717, 1.165) is 23.2 Å². The number of aromatic nitrogens is 3. The smallest absolute Gasteiger partial charge is 0.276 e. The van der Waals surface area contributed by atoms with Gasteiger partial charge in [-0.3, -0.25) is 14.8 Å². The Morgan fingerprint density at radius 2 is 1.84 bits per heavy atom. The molecule has 0 unspecified atom stereocenters. The van der Waals surface area contributed by atoms with Gasteiger partial charge in [-0.1, -0.05) is 35.1 Å². The number of carbonyl (C=O) groups is 1. The standard InChI is InChI=1S/C13H10ClN5O3S3/c1-25(21,22)19-13-18-17-12(24-13)16-10(20)9-6-23-11(15-9)7-2-4-8(14)5-3-7/h2-6H,1H3,(H,18,19)(H,16,17,20). The number of thiazole rings is 1. The normalized spacial score (nSPS) is 11.3. The van der Waals surface area contributed by atoms with Crippen molar-refractivity contribution in [2.24, 2.45) is 0 Å². The van der Waals surface area contributed by atoms with Gasteiger partial charge in [-0.15, -0.1) is 21.5 Å². The molecule has 0 bridgehead atoms. The number of anilines is 2. The van der Waals surface area contributed by atoms with Crippen LogP contribution < -0.4 is 10.0 Å². The van der Waals surface area contributed by atoms with E-state index in [-0.39, 0.29) is 16.0 Å². The highest BCUT2D eigenvalue weighted by Crippen LogP contribution is 2.26. The molecule has 0 fully saturated rings. The second-order valence-corrected chi connectivity index (χ2v) is 8.81. The Labute approximate surface area is 156 Å². The fourth-order valence-corrected chi connectivity index (χ4v) is 4.14. The first kappa shape index (κ1) is 17.7. The van der Waals surface area contributed by atoms with Crippen molar-refractivity contribution >= 4 is 60.5 Å². The molecule has 3 rings (SSSR count). The minimum Gasteiger partial charge on any atom is -0.295 e. The lowest BCUT2D eigenvalue weighted by Gasteiger charge is -1.98. The highest BCUT2D eigenvalue weighted by Gasteiger charge is 2.15. The van der Waals surface area contributed by atoms with Crippen LogP contribution in [0.15, 0.2) is 29.6 Å². The predicted octanol–water partition coefficient (Wildman–Crippen LogP) is 2.94. The quantitative estimate of drug-likeness (QED) is 0.662. The maximum atomic E-state index is 12.2. The monoisotopic (exact) mass is 415 g/mol. The summed E-state index contributed by atoms with van der Waals surface area (Å²) in [6, 6.07) is 7.12. The lowest BCUT2D eigenvalue weighted by atomic mass is 10.2. The average molecular weight is 416 g/mol. The summed E-state index contributed by atoms with van der Waals surface area (Å²) in [6.45, 7) is 0. The van der Waals surface area contributed by atoms with Gasteiger partial charge in [0.1, 0.15) is 10.7 Å². The summed E-state index contributed by atoms with van der Waals surface area (Å²) >= 11 is 8.08. The molecule has 25 heavy (non-hydrogen) atoms. The number of amides is 1. The van der Waals surface area contributed by atoms with Crippen LogP contribution in [0.1, 0.15) is 10.5 Å². The van der Waals surface area contributed by atoms with E-state index in [1.54, 1.807) is 17.5 Å². The molecule has 0 aliphatic heterocycles. The van der Waals surface area contributed by atoms with Crippen LogP contribution in [0.25, 0.3) is 10.6 Å². The van der Waals surface area contributed by atoms with E-state index in [4.69, 9.17) is 11.6 Å². The number of nitrogens with one attached hydrogen (secondary N) is 2. The van der Waals surface area contributed by atoms with E-state index < -0.39 is 15.9 Å². The van der Waals surface area contributed by atoms with Crippen molar-refractivity contribution in [2.75, 3.05) is 16.3 Å². The minimum atomic E-state index is -3.45. The fraction of sp³-hybridized carbons (Fsp3) is 0.0769. The van der Waals surface area contributed by atoms with Crippen molar-refractivity contribution in [3.63, 3.8) is 0 Å². The zero-order valence-electron chi connectivity index (χ0n) is 12.6. The average Bonchev–Trinajstić information content (AvgIpc) is 3.16. The first-order valence-electron chi connectivity index (χ1n) is 6.64. The van der Waals surface area contributed by atoms with Gasteiger partial charge in [-0.25, -0.2) is 13.4 Å². The maximum Gasteiger partial charge on any atom is 0.276 e. The predicted molar refractivity (Wildman–Crippen MR) is 98.9 cm³/mol. The third kappa shape index (κ3) is 4.72. The van der Waals surface area contributed by atoms with E-state index in [2.05, 4.69) is 25.2 Å². The van der Waals surface area contributed by atoms with Crippen molar-refractivity contribution in [2.45, 2.75) is 0 Å². The van der Waals surface area contributed by atoms with Crippen LogP contribution in [0, 0.1) is 0 Å². The molecule has 2 heterocycles. The summed E-state index contributed by atoms with van der Waals surface area (Å²) in [6.07, 6.45) is 1.00. The number of benzene rings is 1. The van der Waals surface area contributed by atoms with Gasteiger partial charge in [-0.2, -0.15) is 0 Å². The molecule has 0 atom stereocenters. The molecule has 0 aliphatic rings. The molecular formula is C13H10ClN5O3S3. The fourth-order valence-electron chi connectivity index (χ4n) is 1.74. The number of sulfonamides is 1. The molecule has 8 nitrogen and oxygen atoms in total. The molecule has 0 saturated heterocycles. The van der Waals surface area contributed by atoms with Crippen LogP contribution in [0.2, 0.25) is 5.02 Å². The molecule has 12 heteroatoms. The van der Waals surface area contributed by atoms with Crippen LogP contribution in [0.3, 0.4) is 0 Å². The molecular weight excluding hydrogens is 406 g/mol. The Morgan fingerprint density at radius 1 is 1.16 bits per heavy atom. The highest BCUT2D eigenvalue weighted by atomic mass is 35.5. The van der Waals surface area contributed by atoms with Crippen molar-refractivity contribution in [1.29, 1.82) is 0 Å². The Bertz CT molecular complexity index is 1010. The zero-order valence-corrected chi connectivity index (χ0v) is 15.8.